The van der Waals surface area contributed by atoms with E-state index in [9.17, 15) is 28.4 Å². The Bertz CT molecular complexity index is 1570. The summed E-state index contributed by atoms with van der Waals surface area (Å²) in [7, 11) is 4.95. The highest BCUT2D eigenvalue weighted by molar-refractivity contribution is 7.09. The number of thiazole rings is 1. The first-order valence-electron chi connectivity index (χ1n) is 18.2. The maximum absolute atomic E-state index is 14.6. The molecule has 286 valence electrons. The predicted octanol–water partition coefficient (Wildman–Crippen LogP) is 4.68. The lowest BCUT2D eigenvalue weighted by Crippen LogP contribution is -2.56. The third-order valence-corrected chi connectivity index (χ3v) is 11.1. The van der Waals surface area contributed by atoms with Gasteiger partial charge in [0.15, 0.2) is 6.10 Å². The summed E-state index contributed by atoms with van der Waals surface area (Å²) < 4.78 is 25.2. The van der Waals surface area contributed by atoms with Crippen molar-refractivity contribution >= 4 is 41.0 Å². The monoisotopic (exact) mass is 743 g/mol. The lowest BCUT2D eigenvalue weighted by molar-refractivity contribution is -0.149. The number of hydrogen-bond acceptors (Lipinski definition) is 10. The van der Waals surface area contributed by atoms with Crippen molar-refractivity contribution in [1.82, 2.24) is 25.4 Å². The molecule has 4 rings (SSSR count). The summed E-state index contributed by atoms with van der Waals surface area (Å²) >= 11 is 1.15. The Balaban J connectivity index is 1.50. The number of nitrogens with zero attached hydrogens (tertiary/aromatic N) is 3. The molecule has 6 atom stereocenters. The molecule has 14 heteroatoms. The number of methoxy groups -OCH3 is 1. The van der Waals surface area contributed by atoms with Gasteiger partial charge in [-0.1, -0.05) is 45.4 Å². The molecule has 0 spiro atoms. The molecule has 0 unspecified atom stereocenters. The second kappa shape index (κ2) is 18.7. The van der Waals surface area contributed by atoms with Crippen molar-refractivity contribution in [3.05, 3.63) is 51.7 Å². The van der Waals surface area contributed by atoms with Gasteiger partial charge in [0.2, 0.25) is 11.8 Å². The molecular formula is C38H54FN5O7S. The van der Waals surface area contributed by atoms with Crippen LogP contribution in [0.25, 0.3) is 0 Å². The summed E-state index contributed by atoms with van der Waals surface area (Å²) in [6.07, 6.45) is 4.21. The van der Waals surface area contributed by atoms with E-state index in [0.717, 1.165) is 50.0 Å². The van der Waals surface area contributed by atoms with E-state index < -0.39 is 53.8 Å². The molecule has 1 aromatic carbocycles. The minimum absolute atomic E-state index is 0.0503. The minimum atomic E-state index is -0.856. The average Bonchev–Trinajstić information content (AvgIpc) is 3.83. The molecule has 52 heavy (non-hydrogen) atoms. The number of carbonyl (C=O) groups excluding carboxylic acids is 5. The Morgan fingerprint density at radius 2 is 1.77 bits per heavy atom. The van der Waals surface area contributed by atoms with E-state index >= 15 is 0 Å². The van der Waals surface area contributed by atoms with Crippen LogP contribution in [-0.4, -0.2) is 96.4 Å². The number of likely N-dealkylation sites (tertiary alicyclic amines) is 1. The third-order valence-electron chi connectivity index (χ3n) is 10.1. The number of nitrogens with one attached hydrogen (secondary N) is 2. The van der Waals surface area contributed by atoms with Crippen molar-refractivity contribution in [3.8, 4) is 0 Å². The summed E-state index contributed by atoms with van der Waals surface area (Å²) in [5, 5.41) is 7.93. The van der Waals surface area contributed by atoms with Crippen LogP contribution in [0.15, 0.2) is 29.6 Å². The molecule has 2 aromatic rings. The van der Waals surface area contributed by atoms with Crippen LogP contribution >= 0.6 is 11.3 Å². The minimum Gasteiger partial charge on any atom is -0.469 e. The number of piperidine rings is 1. The molecule has 2 aliphatic rings. The molecule has 0 radical (unpaired) electrons. The second-order valence-electron chi connectivity index (χ2n) is 14.6. The fourth-order valence-corrected chi connectivity index (χ4v) is 7.83. The van der Waals surface area contributed by atoms with Gasteiger partial charge in [-0.05, 0) is 75.6 Å². The van der Waals surface area contributed by atoms with Gasteiger partial charge in [-0.25, -0.2) is 9.37 Å². The summed E-state index contributed by atoms with van der Waals surface area (Å²) in [6.45, 7) is 7.78. The number of likely N-dealkylation sites (N-methyl/N-ethyl adjacent to an activating group) is 2. The van der Waals surface area contributed by atoms with Gasteiger partial charge < -0.3 is 25.0 Å². The van der Waals surface area contributed by atoms with E-state index in [-0.39, 0.29) is 54.6 Å². The van der Waals surface area contributed by atoms with Crippen LogP contribution in [0.2, 0.25) is 0 Å². The van der Waals surface area contributed by atoms with Crippen LogP contribution in [-0.2, 0) is 35.1 Å². The normalized spacial score (nSPS) is 19.1. The number of esters is 2. The Morgan fingerprint density at radius 3 is 2.38 bits per heavy atom. The molecule has 1 saturated carbocycles. The number of ether oxygens (including phenoxy) is 2. The predicted molar refractivity (Wildman–Crippen MR) is 195 cm³/mol. The van der Waals surface area contributed by atoms with Crippen molar-refractivity contribution in [2.75, 3.05) is 27.7 Å². The smallest absolute Gasteiger partial charge is 0.308 e. The molecule has 1 aromatic heterocycles. The molecule has 3 amide bonds. The van der Waals surface area contributed by atoms with E-state index in [1.807, 2.05) is 25.8 Å². The first kappa shape index (κ1) is 40.9. The highest BCUT2D eigenvalue weighted by Gasteiger charge is 2.42. The number of carbonyl (C=O) groups is 5. The Morgan fingerprint density at radius 1 is 1.06 bits per heavy atom. The quantitative estimate of drug-likeness (QED) is 0.221. The zero-order chi connectivity index (χ0) is 38.1. The lowest BCUT2D eigenvalue weighted by Gasteiger charge is -2.37. The van der Waals surface area contributed by atoms with Crippen LogP contribution in [0.3, 0.4) is 0 Å². The Hall–Kier alpha value is -3.91. The van der Waals surface area contributed by atoms with E-state index in [2.05, 4.69) is 15.6 Å². The number of aromatic nitrogens is 1. The van der Waals surface area contributed by atoms with E-state index in [1.54, 1.807) is 42.5 Å². The van der Waals surface area contributed by atoms with Gasteiger partial charge in [-0.15, -0.1) is 11.3 Å². The van der Waals surface area contributed by atoms with Crippen LogP contribution in [0.1, 0.15) is 99.8 Å². The summed E-state index contributed by atoms with van der Waals surface area (Å²) in [6, 6.07) is 4.35. The fourth-order valence-electron chi connectivity index (χ4n) is 6.99. The first-order valence-corrected chi connectivity index (χ1v) is 19.1. The van der Waals surface area contributed by atoms with Crippen molar-refractivity contribution in [2.24, 2.45) is 17.8 Å². The Labute approximate surface area is 310 Å². The zero-order valence-electron chi connectivity index (χ0n) is 31.4. The van der Waals surface area contributed by atoms with Crippen molar-refractivity contribution < 1.29 is 37.8 Å². The number of rotatable bonds is 17. The van der Waals surface area contributed by atoms with Gasteiger partial charge in [0.25, 0.3) is 5.91 Å². The van der Waals surface area contributed by atoms with Gasteiger partial charge in [-0.3, -0.25) is 28.9 Å². The van der Waals surface area contributed by atoms with Crippen LogP contribution < -0.4 is 10.6 Å². The topological polar surface area (TPSA) is 147 Å². The maximum atomic E-state index is 14.6. The summed E-state index contributed by atoms with van der Waals surface area (Å²) in [5.41, 5.74) is 0.470. The number of amides is 3. The van der Waals surface area contributed by atoms with Gasteiger partial charge >= 0.3 is 11.9 Å². The second-order valence-corrected chi connectivity index (χ2v) is 15.5. The highest BCUT2D eigenvalue weighted by atomic mass is 32.1. The maximum Gasteiger partial charge on any atom is 0.308 e. The first-order chi connectivity index (χ1) is 24.7. The highest BCUT2D eigenvalue weighted by Crippen LogP contribution is 2.36. The molecule has 1 aliphatic heterocycles. The summed E-state index contributed by atoms with van der Waals surface area (Å²) in [5.74, 6) is -2.77. The fraction of sp³-hybridized carbons (Fsp3) is 0.632. The molecule has 12 nitrogen and oxygen atoms in total. The number of benzene rings is 1. The largest absolute Gasteiger partial charge is 0.469 e. The molecule has 2 N–H and O–H groups in total. The Kier molecular flexibility index (Phi) is 14.7. The lowest BCUT2D eigenvalue weighted by atomic mass is 9.95. The third kappa shape index (κ3) is 11.0. The molecule has 1 saturated heterocycles. The molecule has 2 fully saturated rings. The van der Waals surface area contributed by atoms with Gasteiger partial charge in [0.05, 0.1) is 19.1 Å². The van der Waals surface area contributed by atoms with Crippen molar-refractivity contribution in [3.63, 3.8) is 0 Å². The van der Waals surface area contributed by atoms with Crippen molar-refractivity contribution in [1.29, 1.82) is 0 Å². The van der Waals surface area contributed by atoms with E-state index in [1.165, 1.54) is 20.1 Å². The van der Waals surface area contributed by atoms with Gasteiger partial charge in [0, 0.05) is 37.9 Å². The standard InChI is InChI=1S/C38H54FN5O7S/c1-22(2)31(44(6)37(48)33(25-15-16-25)42-35(47)30-14-10-11-17-43(30)5)20-32(51-24(4)45)36-41-29(21-52-36)34(46)40-27(18-23(3)38(49)50-7)19-26-12-8-9-13-28(26)39/h8-9,12-13,21-23,25,27,30-33H,10-11,14-20H2,1-7H3,(H,40,46)(H,42,47)/t23-,27+,30+,31+,32+,33-/m0/s1. The van der Waals surface area contributed by atoms with E-state index in [4.69, 9.17) is 9.47 Å². The average molecular weight is 744 g/mol. The van der Waals surface area contributed by atoms with E-state index in [0.29, 0.717) is 10.6 Å². The van der Waals surface area contributed by atoms with Crippen LogP contribution in [0.4, 0.5) is 4.39 Å². The number of halogens is 1. The van der Waals surface area contributed by atoms with Gasteiger partial charge in [0.1, 0.15) is 22.6 Å². The molecule has 2 heterocycles. The molecule has 0 bridgehead atoms. The van der Waals surface area contributed by atoms with Crippen LogP contribution in [0, 0.1) is 23.6 Å². The zero-order valence-corrected chi connectivity index (χ0v) is 32.2. The number of hydrogen-bond donors (Lipinski definition) is 2. The van der Waals surface area contributed by atoms with Crippen LogP contribution in [0.5, 0.6) is 0 Å². The van der Waals surface area contributed by atoms with Gasteiger partial charge in [-0.2, -0.15) is 0 Å². The SMILES string of the molecule is COC(=O)[C@@H](C)C[C@H](Cc1ccccc1F)NC(=O)c1csc([C@@H](C[C@H](C(C)C)N(C)C(=O)[C@@H](NC(=O)[C@H]2CCCCN2C)C2CC2)OC(C)=O)n1. The molecule has 1 aliphatic carbocycles. The molecular weight excluding hydrogens is 690 g/mol. The summed E-state index contributed by atoms with van der Waals surface area (Å²) in [4.78, 5) is 73.7. The van der Waals surface area contributed by atoms with Crippen molar-refractivity contribution in [2.45, 2.75) is 109 Å².